The number of aromatic hydroxyl groups is 1. The van der Waals surface area contributed by atoms with Crippen LogP contribution in [-0.4, -0.2) is 29.3 Å². The Hall–Kier alpha value is -1.55. The Morgan fingerprint density at radius 2 is 2.28 bits per heavy atom. The number of amides is 1. The molecule has 18 heavy (non-hydrogen) atoms. The van der Waals surface area contributed by atoms with Crippen LogP contribution < -0.4 is 5.32 Å². The van der Waals surface area contributed by atoms with Gasteiger partial charge >= 0.3 is 0 Å². The van der Waals surface area contributed by atoms with Crippen molar-refractivity contribution in [1.82, 2.24) is 5.32 Å². The first kappa shape index (κ1) is 11.5. The van der Waals surface area contributed by atoms with E-state index in [0.29, 0.717) is 11.7 Å². The lowest BCUT2D eigenvalue weighted by Gasteiger charge is -2.20. The van der Waals surface area contributed by atoms with Gasteiger partial charge in [0.1, 0.15) is 5.75 Å². The zero-order valence-corrected chi connectivity index (χ0v) is 10.3. The van der Waals surface area contributed by atoms with Crippen LogP contribution in [0.1, 0.15) is 35.2 Å². The number of aryl methyl sites for hydroxylation is 1. The van der Waals surface area contributed by atoms with Gasteiger partial charge in [-0.1, -0.05) is 6.07 Å². The molecule has 1 aromatic carbocycles. The number of ether oxygens (including phenoxy) is 1. The van der Waals surface area contributed by atoms with Crippen LogP contribution in [0.4, 0.5) is 0 Å². The van der Waals surface area contributed by atoms with E-state index in [-0.39, 0.29) is 23.8 Å². The zero-order valence-electron chi connectivity index (χ0n) is 10.3. The summed E-state index contributed by atoms with van der Waals surface area (Å²) >= 11 is 0. The van der Waals surface area contributed by atoms with Crippen LogP contribution in [0.5, 0.6) is 5.75 Å². The van der Waals surface area contributed by atoms with E-state index in [9.17, 15) is 9.90 Å². The molecule has 3 atom stereocenters. The number of fused-ring (bicyclic) bond motifs is 2. The molecule has 3 rings (SSSR count). The maximum absolute atomic E-state index is 12.1. The number of phenols is 1. The fraction of sp³-hybridized carbons (Fsp3) is 0.500. The predicted molar refractivity (Wildman–Crippen MR) is 66.6 cm³/mol. The SMILES string of the molecule is Cc1ccc(C(=O)NC2CC3CCC2O3)c(O)c1. The first-order chi connectivity index (χ1) is 8.63. The summed E-state index contributed by atoms with van der Waals surface area (Å²) in [6, 6.07) is 5.18. The van der Waals surface area contributed by atoms with Crippen molar-refractivity contribution in [3.63, 3.8) is 0 Å². The average Bonchev–Trinajstić information content (AvgIpc) is 2.90. The highest BCUT2D eigenvalue weighted by molar-refractivity contribution is 5.97. The summed E-state index contributed by atoms with van der Waals surface area (Å²) in [5.41, 5.74) is 1.27. The first-order valence-corrected chi connectivity index (χ1v) is 6.39. The number of phenolic OH excluding ortho intramolecular Hbond substituents is 1. The smallest absolute Gasteiger partial charge is 0.255 e. The highest BCUT2D eigenvalue weighted by Gasteiger charge is 2.41. The third kappa shape index (κ3) is 1.97. The van der Waals surface area contributed by atoms with Gasteiger partial charge < -0.3 is 15.2 Å². The van der Waals surface area contributed by atoms with Crippen molar-refractivity contribution in [2.75, 3.05) is 0 Å². The quantitative estimate of drug-likeness (QED) is 0.837. The second kappa shape index (κ2) is 4.28. The molecule has 2 heterocycles. The standard InChI is InChI=1S/C14H17NO3/c1-8-2-4-10(12(16)6-8)14(17)15-11-7-9-3-5-13(11)18-9/h2,4,6,9,11,13,16H,3,5,7H2,1H3,(H,15,17). The summed E-state index contributed by atoms with van der Waals surface area (Å²) in [5.74, 6) is -0.176. The third-order valence-electron chi connectivity index (χ3n) is 3.82. The molecule has 2 bridgehead atoms. The summed E-state index contributed by atoms with van der Waals surface area (Å²) in [7, 11) is 0. The minimum Gasteiger partial charge on any atom is -0.507 e. The Labute approximate surface area is 106 Å². The molecule has 1 amide bonds. The Morgan fingerprint density at radius 1 is 1.44 bits per heavy atom. The highest BCUT2D eigenvalue weighted by Crippen LogP contribution is 2.34. The van der Waals surface area contributed by atoms with Crippen molar-refractivity contribution in [3.8, 4) is 5.75 Å². The topological polar surface area (TPSA) is 58.6 Å². The van der Waals surface area contributed by atoms with Gasteiger partial charge in [-0.2, -0.15) is 0 Å². The van der Waals surface area contributed by atoms with E-state index in [1.54, 1.807) is 12.1 Å². The molecule has 2 saturated heterocycles. The summed E-state index contributed by atoms with van der Waals surface area (Å²) < 4.78 is 5.69. The van der Waals surface area contributed by atoms with Crippen LogP contribution in [0.2, 0.25) is 0 Å². The lowest BCUT2D eigenvalue weighted by atomic mass is 9.95. The van der Waals surface area contributed by atoms with Gasteiger partial charge in [0.15, 0.2) is 0 Å². The number of nitrogens with one attached hydrogen (secondary N) is 1. The number of benzene rings is 1. The van der Waals surface area contributed by atoms with Crippen LogP contribution >= 0.6 is 0 Å². The van der Waals surface area contributed by atoms with E-state index in [1.165, 1.54) is 0 Å². The maximum atomic E-state index is 12.1. The van der Waals surface area contributed by atoms with Gasteiger partial charge in [0.05, 0.1) is 23.8 Å². The molecule has 2 aliphatic heterocycles. The molecule has 2 fully saturated rings. The van der Waals surface area contributed by atoms with Crippen molar-refractivity contribution >= 4 is 5.91 Å². The second-order valence-electron chi connectivity index (χ2n) is 5.21. The number of carbonyl (C=O) groups excluding carboxylic acids is 1. The molecule has 2 N–H and O–H groups in total. The van der Waals surface area contributed by atoms with Crippen LogP contribution in [0.15, 0.2) is 18.2 Å². The van der Waals surface area contributed by atoms with Crippen molar-refractivity contribution in [1.29, 1.82) is 0 Å². The fourth-order valence-corrected chi connectivity index (χ4v) is 2.87. The van der Waals surface area contributed by atoms with Crippen molar-refractivity contribution in [2.45, 2.75) is 44.4 Å². The van der Waals surface area contributed by atoms with Crippen LogP contribution in [-0.2, 0) is 4.74 Å². The van der Waals surface area contributed by atoms with Crippen molar-refractivity contribution in [3.05, 3.63) is 29.3 Å². The molecular formula is C14H17NO3. The zero-order chi connectivity index (χ0) is 12.7. The van der Waals surface area contributed by atoms with Gasteiger partial charge in [0, 0.05) is 0 Å². The van der Waals surface area contributed by atoms with Crippen LogP contribution in [0, 0.1) is 6.92 Å². The normalized spacial score (nSPS) is 29.5. The molecule has 0 spiro atoms. The van der Waals surface area contributed by atoms with E-state index < -0.39 is 0 Å². The van der Waals surface area contributed by atoms with Gasteiger partial charge in [0.25, 0.3) is 5.91 Å². The Bertz CT molecular complexity index is 486. The van der Waals surface area contributed by atoms with Crippen LogP contribution in [0.25, 0.3) is 0 Å². The summed E-state index contributed by atoms with van der Waals surface area (Å²) in [4.78, 5) is 12.1. The van der Waals surface area contributed by atoms with E-state index in [1.807, 2.05) is 13.0 Å². The minimum atomic E-state index is -0.214. The number of hydrogen-bond acceptors (Lipinski definition) is 3. The molecule has 0 aliphatic carbocycles. The average molecular weight is 247 g/mol. The van der Waals surface area contributed by atoms with Gasteiger partial charge in [-0.3, -0.25) is 4.79 Å². The van der Waals surface area contributed by atoms with E-state index >= 15 is 0 Å². The van der Waals surface area contributed by atoms with E-state index in [0.717, 1.165) is 24.8 Å². The second-order valence-corrected chi connectivity index (χ2v) is 5.21. The highest BCUT2D eigenvalue weighted by atomic mass is 16.5. The molecule has 2 aliphatic rings. The van der Waals surface area contributed by atoms with Crippen LogP contribution in [0.3, 0.4) is 0 Å². The molecule has 1 aromatic rings. The molecule has 0 aromatic heterocycles. The Morgan fingerprint density at radius 3 is 2.89 bits per heavy atom. The molecule has 0 radical (unpaired) electrons. The number of carbonyl (C=O) groups is 1. The van der Waals surface area contributed by atoms with Gasteiger partial charge in [-0.05, 0) is 43.9 Å². The largest absolute Gasteiger partial charge is 0.507 e. The van der Waals surface area contributed by atoms with Crippen molar-refractivity contribution < 1.29 is 14.6 Å². The van der Waals surface area contributed by atoms with E-state index in [2.05, 4.69) is 5.32 Å². The minimum absolute atomic E-state index is 0.0385. The first-order valence-electron chi connectivity index (χ1n) is 6.39. The Balaban J connectivity index is 1.71. The van der Waals surface area contributed by atoms with E-state index in [4.69, 9.17) is 4.74 Å². The molecular weight excluding hydrogens is 230 g/mol. The third-order valence-corrected chi connectivity index (χ3v) is 3.82. The lowest BCUT2D eigenvalue weighted by molar-refractivity contribution is 0.0839. The molecule has 4 heteroatoms. The lowest BCUT2D eigenvalue weighted by Crippen LogP contribution is -2.41. The summed E-state index contributed by atoms with van der Waals surface area (Å²) in [5, 5.41) is 12.7. The van der Waals surface area contributed by atoms with Gasteiger partial charge in [-0.25, -0.2) is 0 Å². The monoisotopic (exact) mass is 247 g/mol. The maximum Gasteiger partial charge on any atom is 0.255 e. The number of rotatable bonds is 2. The predicted octanol–water partition coefficient (Wildman–Crippen LogP) is 1.75. The molecule has 0 saturated carbocycles. The summed E-state index contributed by atoms with van der Waals surface area (Å²) in [6.45, 7) is 1.88. The molecule has 4 nitrogen and oxygen atoms in total. The van der Waals surface area contributed by atoms with Gasteiger partial charge in [0.2, 0.25) is 0 Å². The number of hydrogen-bond donors (Lipinski definition) is 2. The van der Waals surface area contributed by atoms with Crippen molar-refractivity contribution in [2.24, 2.45) is 0 Å². The Kier molecular flexibility index (Phi) is 2.74. The molecule has 3 unspecified atom stereocenters. The summed E-state index contributed by atoms with van der Waals surface area (Å²) in [6.07, 6.45) is 3.49. The molecule has 96 valence electrons. The fourth-order valence-electron chi connectivity index (χ4n) is 2.87. The van der Waals surface area contributed by atoms with Gasteiger partial charge in [-0.15, -0.1) is 0 Å².